The smallest absolute Gasteiger partial charge is 0.406 e. The van der Waals surface area contributed by atoms with Crippen molar-refractivity contribution >= 4 is 11.8 Å². The maximum absolute atomic E-state index is 12.7. The van der Waals surface area contributed by atoms with Crippen molar-refractivity contribution in [2.24, 2.45) is 0 Å². The Labute approximate surface area is 176 Å². The molecule has 31 heavy (non-hydrogen) atoms. The minimum Gasteiger partial charge on any atom is -0.406 e. The van der Waals surface area contributed by atoms with Crippen LogP contribution in [0.15, 0.2) is 36.7 Å². The Balaban J connectivity index is 1.68. The minimum atomic E-state index is -4.75. The zero-order valence-corrected chi connectivity index (χ0v) is 17.1. The molecule has 1 aromatic carbocycles. The van der Waals surface area contributed by atoms with E-state index in [1.165, 1.54) is 41.6 Å². The number of ether oxygens (including phenoxy) is 2. The molecule has 168 valence electrons. The molecule has 8 nitrogen and oxygen atoms in total. The average molecular weight is 440 g/mol. The van der Waals surface area contributed by atoms with E-state index in [9.17, 15) is 22.8 Å². The van der Waals surface area contributed by atoms with Crippen molar-refractivity contribution in [3.8, 4) is 5.75 Å². The average Bonchev–Trinajstić information content (AvgIpc) is 3.17. The molecule has 0 bridgehead atoms. The van der Waals surface area contributed by atoms with Crippen LogP contribution in [0.2, 0.25) is 0 Å². The lowest BCUT2D eigenvalue weighted by Crippen LogP contribution is -2.42. The molecule has 1 aromatic heterocycles. The van der Waals surface area contributed by atoms with E-state index in [1.54, 1.807) is 4.90 Å². The Morgan fingerprint density at radius 2 is 1.97 bits per heavy atom. The van der Waals surface area contributed by atoms with E-state index >= 15 is 0 Å². The van der Waals surface area contributed by atoms with Crippen molar-refractivity contribution in [3.05, 3.63) is 47.8 Å². The third-order valence-electron chi connectivity index (χ3n) is 4.77. The summed E-state index contributed by atoms with van der Waals surface area (Å²) in [4.78, 5) is 28.5. The normalized spacial score (nSPS) is 17.7. The number of aromatic amines is 1. The molecule has 1 saturated heterocycles. The third kappa shape index (κ3) is 6.20. The lowest BCUT2D eigenvalue weighted by atomic mass is 10.2. The number of benzene rings is 1. The molecule has 0 unspecified atom stereocenters. The van der Waals surface area contributed by atoms with Gasteiger partial charge in [0, 0.05) is 25.3 Å². The number of alkyl halides is 3. The van der Waals surface area contributed by atoms with Crippen LogP contribution in [0.4, 0.5) is 13.2 Å². The highest BCUT2D eigenvalue weighted by atomic mass is 19.4. The summed E-state index contributed by atoms with van der Waals surface area (Å²) in [6.07, 6.45) is -2.39. The number of carbonyl (C=O) groups is 2. The van der Waals surface area contributed by atoms with Crippen molar-refractivity contribution in [3.63, 3.8) is 0 Å². The first-order valence-electron chi connectivity index (χ1n) is 9.66. The molecule has 0 spiro atoms. The molecule has 3 rings (SSSR count). The number of nitrogens with zero attached hydrogens (tertiary/aromatic N) is 3. The Morgan fingerprint density at radius 1 is 1.26 bits per heavy atom. The van der Waals surface area contributed by atoms with Gasteiger partial charge in [-0.1, -0.05) is 12.1 Å². The molecule has 2 heterocycles. The number of amides is 2. The van der Waals surface area contributed by atoms with Gasteiger partial charge in [0.05, 0.1) is 24.5 Å². The van der Waals surface area contributed by atoms with E-state index in [-0.39, 0.29) is 43.3 Å². The molecule has 0 saturated carbocycles. The van der Waals surface area contributed by atoms with Gasteiger partial charge in [-0.15, -0.1) is 13.2 Å². The lowest BCUT2D eigenvalue weighted by molar-refractivity contribution is -0.274. The molecule has 11 heteroatoms. The van der Waals surface area contributed by atoms with Gasteiger partial charge in [-0.3, -0.25) is 14.7 Å². The second-order valence-electron chi connectivity index (χ2n) is 7.44. The van der Waals surface area contributed by atoms with Gasteiger partial charge in [-0.05, 0) is 31.5 Å². The van der Waals surface area contributed by atoms with Crippen molar-refractivity contribution in [2.75, 3.05) is 19.6 Å². The summed E-state index contributed by atoms with van der Waals surface area (Å²) in [6.45, 7) is 4.26. The summed E-state index contributed by atoms with van der Waals surface area (Å²) < 4.78 is 46.7. The summed E-state index contributed by atoms with van der Waals surface area (Å²) >= 11 is 0. The first-order chi connectivity index (χ1) is 14.6. The number of rotatable bonds is 6. The summed E-state index contributed by atoms with van der Waals surface area (Å²) in [5.41, 5.74) is 0.971. The van der Waals surface area contributed by atoms with Crippen molar-refractivity contribution < 1.29 is 32.2 Å². The third-order valence-corrected chi connectivity index (χ3v) is 4.77. The Kier molecular flexibility index (Phi) is 6.84. The highest BCUT2D eigenvalue weighted by Gasteiger charge is 2.33. The van der Waals surface area contributed by atoms with E-state index in [1.807, 2.05) is 13.8 Å². The first kappa shape index (κ1) is 22.6. The summed E-state index contributed by atoms with van der Waals surface area (Å²) in [7, 11) is 0. The summed E-state index contributed by atoms with van der Waals surface area (Å²) in [5, 5.41) is 6.34. The van der Waals surface area contributed by atoms with Gasteiger partial charge in [-0.2, -0.15) is 5.10 Å². The van der Waals surface area contributed by atoms with Crippen LogP contribution < -0.4 is 4.74 Å². The number of H-pyrrole nitrogens is 1. The van der Waals surface area contributed by atoms with E-state index in [0.29, 0.717) is 17.7 Å². The van der Waals surface area contributed by atoms with Gasteiger partial charge in [0.25, 0.3) is 5.91 Å². The number of nitrogens with one attached hydrogen (secondary N) is 1. The maximum atomic E-state index is 12.7. The maximum Gasteiger partial charge on any atom is 0.573 e. The molecule has 2 amide bonds. The van der Waals surface area contributed by atoms with E-state index < -0.39 is 12.5 Å². The fraction of sp³-hybridized carbons (Fsp3) is 0.450. The Hall–Kier alpha value is -3.08. The highest BCUT2D eigenvalue weighted by Crippen LogP contribution is 2.23. The van der Waals surface area contributed by atoms with Crippen LogP contribution in [-0.4, -0.2) is 70.0 Å². The van der Waals surface area contributed by atoms with Gasteiger partial charge < -0.3 is 19.3 Å². The van der Waals surface area contributed by atoms with Gasteiger partial charge in [-0.25, -0.2) is 0 Å². The number of hydrogen-bond acceptors (Lipinski definition) is 5. The second kappa shape index (κ2) is 9.38. The molecular formula is C20H23F3N4O4. The van der Waals surface area contributed by atoms with Gasteiger partial charge >= 0.3 is 6.36 Å². The number of carbonyl (C=O) groups excluding carboxylic acids is 2. The zero-order valence-electron chi connectivity index (χ0n) is 17.1. The second-order valence-corrected chi connectivity index (χ2v) is 7.44. The molecular weight excluding hydrogens is 417 g/mol. The minimum absolute atomic E-state index is 0.0778. The molecule has 1 atom stereocenters. The molecule has 2 aromatic rings. The molecule has 1 aliphatic rings. The van der Waals surface area contributed by atoms with Crippen LogP contribution in [-0.2, 0) is 16.1 Å². The fourth-order valence-electron chi connectivity index (χ4n) is 3.25. The van der Waals surface area contributed by atoms with Crippen molar-refractivity contribution in [2.45, 2.75) is 39.0 Å². The SMILES string of the molecule is CC(C)N1C[C@@H](OCc2ccc(OC(F)(F)F)cc2)CN(C(=O)c2cn[nH]c2)CC1=O. The number of halogens is 3. The Morgan fingerprint density at radius 3 is 2.55 bits per heavy atom. The molecule has 0 aliphatic carbocycles. The van der Waals surface area contributed by atoms with Gasteiger partial charge in [0.15, 0.2) is 0 Å². The van der Waals surface area contributed by atoms with E-state index in [2.05, 4.69) is 14.9 Å². The van der Waals surface area contributed by atoms with Crippen LogP contribution in [0.25, 0.3) is 0 Å². The van der Waals surface area contributed by atoms with Crippen LogP contribution in [0.1, 0.15) is 29.8 Å². The van der Waals surface area contributed by atoms with Crippen molar-refractivity contribution in [1.82, 2.24) is 20.0 Å². The van der Waals surface area contributed by atoms with Gasteiger partial charge in [0.1, 0.15) is 12.3 Å². The van der Waals surface area contributed by atoms with Crippen molar-refractivity contribution in [1.29, 1.82) is 0 Å². The lowest BCUT2D eigenvalue weighted by Gasteiger charge is -2.27. The highest BCUT2D eigenvalue weighted by molar-refractivity contribution is 5.96. The molecule has 1 fully saturated rings. The topological polar surface area (TPSA) is 87.8 Å². The monoisotopic (exact) mass is 440 g/mol. The predicted molar refractivity (Wildman–Crippen MR) is 103 cm³/mol. The quantitative estimate of drug-likeness (QED) is 0.746. The first-order valence-corrected chi connectivity index (χ1v) is 9.66. The van der Waals surface area contributed by atoms with Crippen LogP contribution in [0, 0.1) is 0 Å². The summed E-state index contributed by atoms with van der Waals surface area (Å²) in [6, 6.07) is 5.27. The number of hydrogen-bond donors (Lipinski definition) is 1. The Bertz CT molecular complexity index is 885. The van der Waals surface area contributed by atoms with Crippen LogP contribution in [0.3, 0.4) is 0 Å². The van der Waals surface area contributed by atoms with Gasteiger partial charge in [0.2, 0.25) is 5.91 Å². The largest absolute Gasteiger partial charge is 0.573 e. The number of aromatic nitrogens is 2. The van der Waals surface area contributed by atoms with E-state index in [4.69, 9.17) is 4.74 Å². The van der Waals surface area contributed by atoms with Crippen LogP contribution >= 0.6 is 0 Å². The fourth-order valence-corrected chi connectivity index (χ4v) is 3.25. The molecule has 1 aliphatic heterocycles. The standard InChI is InChI=1S/C20H23F3N4O4/c1-13(2)27-10-17(9-26(11-18(27)28)19(29)15-7-24-25-8-15)30-12-14-3-5-16(6-4-14)31-20(21,22)23/h3-8,13,17H,9-12H2,1-2H3,(H,24,25)/t17-/m0/s1. The molecule has 1 N–H and O–H groups in total. The predicted octanol–water partition coefficient (Wildman–Crippen LogP) is 2.59. The molecule has 0 radical (unpaired) electrons. The summed E-state index contributed by atoms with van der Waals surface area (Å²) in [5.74, 6) is -0.847. The van der Waals surface area contributed by atoms with Crippen LogP contribution in [0.5, 0.6) is 5.75 Å². The van der Waals surface area contributed by atoms with E-state index in [0.717, 1.165) is 0 Å². The zero-order chi connectivity index (χ0) is 22.6.